The van der Waals surface area contributed by atoms with Crippen LogP contribution in [0.2, 0.25) is 0 Å². The molecule has 0 saturated carbocycles. The molecule has 0 fully saturated rings. The van der Waals surface area contributed by atoms with E-state index in [-0.39, 0.29) is 46.4 Å². The minimum absolute atomic E-state index is 0. The normalized spacial score (nSPS) is 9.13. The van der Waals surface area contributed by atoms with Gasteiger partial charge in [-0.25, -0.2) is 0 Å². The van der Waals surface area contributed by atoms with Crippen molar-refractivity contribution in [3.8, 4) is 0 Å². The number of aliphatic hydroxyl groups excluding tert-OH is 1. The number of carbonyl (C=O) groups excluding carboxylic acids is 1. The number of rotatable bonds is 3. The molecule has 0 aliphatic rings. The van der Waals surface area contributed by atoms with Gasteiger partial charge in [0.25, 0.3) is 5.69 Å². The van der Waals surface area contributed by atoms with Crippen molar-refractivity contribution in [3.05, 3.63) is 39.4 Å². The molecule has 0 unspecified atom stereocenters. The number of nitro groups is 1. The predicted octanol–water partition coefficient (Wildman–Crippen LogP) is -3.55. The van der Waals surface area contributed by atoms with E-state index in [9.17, 15) is 20.0 Å². The van der Waals surface area contributed by atoms with Gasteiger partial charge in [0.2, 0.25) is 0 Å². The second-order valence-corrected chi connectivity index (χ2v) is 2.54. The quantitative estimate of drug-likeness (QED) is 0.322. The molecule has 74 valence electrons. The predicted molar refractivity (Wildman–Crippen MR) is 43.3 cm³/mol. The minimum Gasteiger partial charge on any atom is -0.545 e. The van der Waals surface area contributed by atoms with Crippen LogP contribution >= 0.6 is 0 Å². The second-order valence-electron chi connectivity index (χ2n) is 2.54. The number of non-ortho nitro benzene ring substituents is 1. The fourth-order valence-corrected chi connectivity index (χ4v) is 1.01. The van der Waals surface area contributed by atoms with E-state index in [4.69, 9.17) is 5.11 Å². The van der Waals surface area contributed by atoms with Gasteiger partial charge >= 0.3 is 29.6 Å². The number of carbonyl (C=O) groups is 1. The van der Waals surface area contributed by atoms with Crippen molar-refractivity contribution >= 4 is 11.7 Å². The van der Waals surface area contributed by atoms with Gasteiger partial charge in [-0.3, -0.25) is 10.1 Å². The molecular weight excluding hydrogens is 213 g/mol. The van der Waals surface area contributed by atoms with Crippen molar-refractivity contribution in [2.75, 3.05) is 0 Å². The molecular formula is C8H6NNaO5. The Kier molecular flexibility index (Phi) is 5.45. The average Bonchev–Trinajstić information content (AvgIpc) is 2.16. The first-order valence-corrected chi connectivity index (χ1v) is 3.65. The Bertz CT molecular complexity index is 393. The molecule has 15 heavy (non-hydrogen) atoms. The van der Waals surface area contributed by atoms with Crippen molar-refractivity contribution in [1.82, 2.24) is 0 Å². The zero-order chi connectivity index (χ0) is 10.7. The third kappa shape index (κ3) is 3.28. The summed E-state index contributed by atoms with van der Waals surface area (Å²) < 4.78 is 0. The summed E-state index contributed by atoms with van der Waals surface area (Å²) in [7, 11) is 0. The van der Waals surface area contributed by atoms with Crippen molar-refractivity contribution in [3.63, 3.8) is 0 Å². The first-order chi connectivity index (χ1) is 6.56. The monoisotopic (exact) mass is 219 g/mol. The molecule has 1 aromatic carbocycles. The Morgan fingerprint density at radius 2 is 2.07 bits per heavy atom. The van der Waals surface area contributed by atoms with Gasteiger partial charge < -0.3 is 15.0 Å². The molecule has 1 rings (SSSR count). The van der Waals surface area contributed by atoms with Crippen LogP contribution in [0.15, 0.2) is 18.2 Å². The van der Waals surface area contributed by atoms with Gasteiger partial charge in [-0.05, 0) is 11.6 Å². The number of hydrogen-bond acceptors (Lipinski definition) is 5. The molecule has 1 N–H and O–H groups in total. The number of aromatic carboxylic acids is 1. The molecule has 1 aromatic rings. The number of nitro benzene ring substituents is 1. The Hall–Kier alpha value is -0.950. The van der Waals surface area contributed by atoms with Crippen molar-refractivity contribution in [2.45, 2.75) is 6.61 Å². The molecule has 6 nitrogen and oxygen atoms in total. The van der Waals surface area contributed by atoms with Gasteiger partial charge in [0.15, 0.2) is 0 Å². The topological polar surface area (TPSA) is 104 Å². The molecule has 0 aliphatic carbocycles. The fraction of sp³-hybridized carbons (Fsp3) is 0.125. The SMILES string of the molecule is O=C([O-])c1cc([N+](=O)[O-])ccc1CO.[Na+]. The van der Waals surface area contributed by atoms with Gasteiger partial charge in [0, 0.05) is 17.7 Å². The molecule has 0 amide bonds. The Morgan fingerprint density at radius 3 is 2.47 bits per heavy atom. The fourth-order valence-electron chi connectivity index (χ4n) is 1.01. The van der Waals surface area contributed by atoms with Crippen molar-refractivity contribution in [1.29, 1.82) is 0 Å². The smallest absolute Gasteiger partial charge is 0.545 e. The number of nitrogens with zero attached hydrogens (tertiary/aromatic N) is 1. The van der Waals surface area contributed by atoms with Crippen molar-refractivity contribution < 1.29 is 49.5 Å². The van der Waals surface area contributed by atoms with Crippen LogP contribution in [0.5, 0.6) is 0 Å². The summed E-state index contributed by atoms with van der Waals surface area (Å²) in [5.74, 6) is -1.54. The molecule has 0 aromatic heterocycles. The van der Waals surface area contributed by atoms with Crippen LogP contribution in [0, 0.1) is 10.1 Å². The maximum Gasteiger partial charge on any atom is 1.00 e. The third-order valence-corrected chi connectivity index (χ3v) is 1.69. The number of hydrogen-bond donors (Lipinski definition) is 1. The third-order valence-electron chi connectivity index (χ3n) is 1.69. The van der Waals surface area contributed by atoms with Crippen LogP contribution < -0.4 is 34.7 Å². The van der Waals surface area contributed by atoms with E-state index in [2.05, 4.69) is 0 Å². The maximum absolute atomic E-state index is 10.5. The number of carboxylic acid groups (broad SMARTS) is 1. The standard InChI is InChI=1S/C8H7NO5.Na/c10-4-5-1-2-6(9(13)14)3-7(5)8(11)12;/h1-3,10H,4H2,(H,11,12);/q;+1/p-1. The molecule has 0 aliphatic heterocycles. The number of aliphatic hydroxyl groups is 1. The number of carboxylic acids is 1. The van der Waals surface area contributed by atoms with E-state index in [0.29, 0.717) is 0 Å². The molecule has 0 atom stereocenters. The van der Waals surface area contributed by atoms with E-state index in [1.165, 1.54) is 6.07 Å². The Morgan fingerprint density at radius 1 is 1.47 bits per heavy atom. The first kappa shape index (κ1) is 14.1. The molecule has 0 heterocycles. The van der Waals surface area contributed by atoms with Crippen LogP contribution in [-0.4, -0.2) is 16.0 Å². The molecule has 0 bridgehead atoms. The molecule has 7 heteroatoms. The van der Waals surface area contributed by atoms with Gasteiger partial charge in [0.05, 0.1) is 17.5 Å². The Labute approximate surface area is 107 Å². The molecule has 0 radical (unpaired) electrons. The largest absolute Gasteiger partial charge is 1.00 e. The van der Waals surface area contributed by atoms with Gasteiger partial charge in [-0.15, -0.1) is 0 Å². The van der Waals surface area contributed by atoms with Crippen molar-refractivity contribution in [2.24, 2.45) is 0 Å². The van der Waals surface area contributed by atoms with Crippen LogP contribution in [0.4, 0.5) is 5.69 Å². The summed E-state index contributed by atoms with van der Waals surface area (Å²) in [4.78, 5) is 20.1. The summed E-state index contributed by atoms with van der Waals surface area (Å²) in [6.45, 7) is -0.499. The zero-order valence-electron chi connectivity index (χ0n) is 7.97. The first-order valence-electron chi connectivity index (χ1n) is 3.65. The van der Waals surface area contributed by atoms with Gasteiger partial charge in [0.1, 0.15) is 0 Å². The summed E-state index contributed by atoms with van der Waals surface area (Å²) in [5.41, 5.74) is -0.612. The van der Waals surface area contributed by atoms with E-state index < -0.39 is 17.5 Å². The maximum atomic E-state index is 10.5. The second kappa shape index (κ2) is 5.82. The zero-order valence-corrected chi connectivity index (χ0v) is 9.97. The van der Waals surface area contributed by atoms with Crippen LogP contribution in [0.25, 0.3) is 0 Å². The Balaban J connectivity index is 0.00000196. The van der Waals surface area contributed by atoms with Crippen LogP contribution in [-0.2, 0) is 6.61 Å². The summed E-state index contributed by atoms with van der Waals surface area (Å²) >= 11 is 0. The van der Waals surface area contributed by atoms with Crippen LogP contribution in [0.1, 0.15) is 15.9 Å². The van der Waals surface area contributed by atoms with Gasteiger partial charge in [-0.2, -0.15) is 0 Å². The molecule has 0 spiro atoms. The van der Waals surface area contributed by atoms with Crippen LogP contribution in [0.3, 0.4) is 0 Å². The summed E-state index contributed by atoms with van der Waals surface area (Å²) in [6.07, 6.45) is 0. The van der Waals surface area contributed by atoms with E-state index in [0.717, 1.165) is 12.1 Å². The summed E-state index contributed by atoms with van der Waals surface area (Å²) in [6, 6.07) is 3.17. The van der Waals surface area contributed by atoms with E-state index in [1.54, 1.807) is 0 Å². The molecule has 0 saturated heterocycles. The average molecular weight is 219 g/mol. The minimum atomic E-state index is -1.54. The van der Waals surface area contributed by atoms with E-state index >= 15 is 0 Å². The number of benzene rings is 1. The van der Waals surface area contributed by atoms with Gasteiger partial charge in [-0.1, -0.05) is 0 Å². The summed E-state index contributed by atoms with van der Waals surface area (Å²) in [5, 5.41) is 29.6. The van der Waals surface area contributed by atoms with E-state index in [1.807, 2.05) is 0 Å².